The molecule has 0 unspecified atom stereocenters. The van der Waals surface area contributed by atoms with Crippen molar-refractivity contribution in [2.75, 3.05) is 11.9 Å². The molecule has 2 aromatic carbocycles. The van der Waals surface area contributed by atoms with E-state index in [9.17, 15) is 22.4 Å². The second kappa shape index (κ2) is 9.74. The number of hydrogen-bond acceptors (Lipinski definition) is 3. The fourth-order valence-corrected chi connectivity index (χ4v) is 2.77. The van der Waals surface area contributed by atoms with Gasteiger partial charge in [-0.15, -0.1) is 0 Å². The Hall–Kier alpha value is -3.20. The molecule has 9 heteroatoms. The Bertz CT molecular complexity index is 1020. The summed E-state index contributed by atoms with van der Waals surface area (Å²) in [4.78, 5) is 12.5. The third-order valence-electron chi connectivity index (χ3n) is 4.43. The molecule has 5 nitrogen and oxygen atoms in total. The highest BCUT2D eigenvalue weighted by atomic mass is 19.3. The van der Waals surface area contributed by atoms with E-state index in [0.717, 1.165) is 11.1 Å². The van der Waals surface area contributed by atoms with Gasteiger partial charge in [-0.25, -0.2) is 8.78 Å². The first kappa shape index (κ1) is 22.5. The summed E-state index contributed by atoms with van der Waals surface area (Å²) in [6.45, 7) is 0.830. The molecule has 0 fully saturated rings. The van der Waals surface area contributed by atoms with Crippen LogP contribution >= 0.6 is 0 Å². The van der Waals surface area contributed by atoms with Gasteiger partial charge in [0.2, 0.25) is 0 Å². The maximum atomic E-state index is 12.9. The molecular weight excluding hydrogens is 414 g/mol. The van der Waals surface area contributed by atoms with E-state index in [1.165, 1.54) is 12.3 Å². The van der Waals surface area contributed by atoms with Crippen LogP contribution in [0.3, 0.4) is 0 Å². The molecule has 1 heterocycles. The fourth-order valence-electron chi connectivity index (χ4n) is 2.77. The summed E-state index contributed by atoms with van der Waals surface area (Å²) in [5.74, 6) is -4.64. The molecule has 31 heavy (non-hydrogen) atoms. The third-order valence-corrected chi connectivity index (χ3v) is 4.43. The van der Waals surface area contributed by atoms with Crippen molar-refractivity contribution < 1.29 is 27.1 Å². The van der Waals surface area contributed by atoms with Gasteiger partial charge in [-0.3, -0.25) is 9.48 Å². The molecule has 0 atom stereocenters. The van der Waals surface area contributed by atoms with Gasteiger partial charge < -0.3 is 10.1 Å². The lowest BCUT2D eigenvalue weighted by molar-refractivity contribution is -0.168. The molecule has 164 valence electrons. The molecule has 1 amide bonds. The van der Waals surface area contributed by atoms with Crippen LogP contribution in [0.25, 0.3) is 0 Å². The summed E-state index contributed by atoms with van der Waals surface area (Å²) in [6, 6.07) is 14.1. The SMILES string of the molecule is Cc1ccc(Cn2cc(NC(=O)c3cccc(COCC(F)(F)C(F)F)c3)cn2)cc1. The molecule has 1 aromatic heterocycles. The van der Waals surface area contributed by atoms with Crippen molar-refractivity contribution in [1.29, 1.82) is 0 Å². The van der Waals surface area contributed by atoms with Gasteiger partial charge in [0.05, 0.1) is 25.0 Å². The average Bonchev–Trinajstić information content (AvgIpc) is 3.16. The van der Waals surface area contributed by atoms with Crippen molar-refractivity contribution in [2.24, 2.45) is 0 Å². The van der Waals surface area contributed by atoms with Crippen LogP contribution in [0, 0.1) is 6.92 Å². The van der Waals surface area contributed by atoms with Gasteiger partial charge in [0.15, 0.2) is 0 Å². The molecule has 0 radical (unpaired) electrons. The number of amides is 1. The fraction of sp³-hybridized carbons (Fsp3) is 0.273. The van der Waals surface area contributed by atoms with Crippen LogP contribution in [-0.2, 0) is 17.9 Å². The smallest absolute Gasteiger partial charge is 0.330 e. The van der Waals surface area contributed by atoms with E-state index >= 15 is 0 Å². The second-order valence-corrected chi connectivity index (χ2v) is 7.12. The van der Waals surface area contributed by atoms with Gasteiger partial charge in [0.25, 0.3) is 5.91 Å². The highest BCUT2D eigenvalue weighted by molar-refractivity contribution is 6.04. The van der Waals surface area contributed by atoms with Crippen molar-refractivity contribution in [3.8, 4) is 0 Å². The van der Waals surface area contributed by atoms with Gasteiger partial charge in [-0.05, 0) is 30.2 Å². The summed E-state index contributed by atoms with van der Waals surface area (Å²) < 4.78 is 56.5. The average molecular weight is 435 g/mol. The first-order chi connectivity index (χ1) is 14.7. The summed E-state index contributed by atoms with van der Waals surface area (Å²) in [7, 11) is 0. The number of aryl methyl sites for hydroxylation is 1. The number of aromatic nitrogens is 2. The van der Waals surface area contributed by atoms with Crippen molar-refractivity contribution in [1.82, 2.24) is 9.78 Å². The van der Waals surface area contributed by atoms with Crippen molar-refractivity contribution in [2.45, 2.75) is 32.4 Å². The number of carbonyl (C=O) groups excluding carboxylic acids is 1. The Balaban J connectivity index is 1.56. The second-order valence-electron chi connectivity index (χ2n) is 7.12. The minimum Gasteiger partial charge on any atom is -0.370 e. The van der Waals surface area contributed by atoms with Crippen LogP contribution in [0.5, 0.6) is 0 Å². The first-order valence-corrected chi connectivity index (χ1v) is 9.45. The topological polar surface area (TPSA) is 56.2 Å². The highest BCUT2D eigenvalue weighted by Gasteiger charge is 2.40. The van der Waals surface area contributed by atoms with E-state index in [4.69, 9.17) is 4.74 Å². The van der Waals surface area contributed by atoms with Gasteiger partial charge in [0, 0.05) is 11.8 Å². The zero-order valence-electron chi connectivity index (χ0n) is 16.7. The minimum absolute atomic E-state index is 0.271. The number of alkyl halides is 4. The Kier molecular flexibility index (Phi) is 7.06. The van der Waals surface area contributed by atoms with Crippen LogP contribution in [-0.4, -0.2) is 34.6 Å². The number of benzene rings is 2. The highest BCUT2D eigenvalue weighted by Crippen LogP contribution is 2.23. The van der Waals surface area contributed by atoms with Gasteiger partial charge in [0.1, 0.15) is 6.61 Å². The summed E-state index contributed by atoms with van der Waals surface area (Å²) in [6.07, 6.45) is -0.584. The predicted molar refractivity (Wildman–Crippen MR) is 108 cm³/mol. The number of hydrogen-bond donors (Lipinski definition) is 1. The maximum absolute atomic E-state index is 12.9. The third kappa shape index (κ3) is 6.39. The van der Waals surface area contributed by atoms with Crippen molar-refractivity contribution in [3.05, 3.63) is 83.2 Å². The van der Waals surface area contributed by atoms with Gasteiger partial charge in [-0.2, -0.15) is 13.9 Å². The van der Waals surface area contributed by atoms with Crippen LogP contribution in [0.4, 0.5) is 23.2 Å². The molecule has 0 bridgehead atoms. The van der Waals surface area contributed by atoms with Crippen LogP contribution in [0.1, 0.15) is 27.0 Å². The Morgan fingerprint density at radius 3 is 2.61 bits per heavy atom. The standard InChI is InChI=1S/C22H21F4N3O2/c1-15-5-7-16(8-6-15)11-29-12-19(10-27-29)28-20(30)18-4-2-3-17(9-18)13-31-14-22(25,26)21(23)24/h2-10,12,21H,11,13-14H2,1H3,(H,28,30). The number of nitrogens with zero attached hydrogens (tertiary/aromatic N) is 2. The zero-order valence-corrected chi connectivity index (χ0v) is 16.7. The van der Waals surface area contributed by atoms with Crippen molar-refractivity contribution in [3.63, 3.8) is 0 Å². The Morgan fingerprint density at radius 2 is 1.90 bits per heavy atom. The van der Waals surface area contributed by atoms with Gasteiger partial charge >= 0.3 is 12.3 Å². The summed E-state index contributed by atoms with van der Waals surface area (Å²) >= 11 is 0. The molecule has 3 rings (SSSR count). The molecule has 0 aliphatic rings. The van der Waals surface area contributed by atoms with Crippen LogP contribution in [0.15, 0.2) is 60.9 Å². The number of ether oxygens (including phenoxy) is 1. The van der Waals surface area contributed by atoms with E-state index in [1.54, 1.807) is 29.1 Å². The lowest BCUT2D eigenvalue weighted by Crippen LogP contribution is -2.32. The molecule has 1 N–H and O–H groups in total. The van der Waals surface area contributed by atoms with Gasteiger partial charge in [-0.1, -0.05) is 42.0 Å². The molecule has 0 saturated carbocycles. The summed E-state index contributed by atoms with van der Waals surface area (Å²) in [5.41, 5.74) is 3.40. The number of halogens is 4. The molecule has 0 saturated heterocycles. The van der Waals surface area contributed by atoms with E-state index in [2.05, 4.69) is 10.4 Å². The minimum atomic E-state index is -4.21. The van der Waals surface area contributed by atoms with E-state index < -0.39 is 24.9 Å². The summed E-state index contributed by atoms with van der Waals surface area (Å²) in [5, 5.41) is 6.94. The molecular formula is C22H21F4N3O2. The maximum Gasteiger partial charge on any atom is 0.330 e. The molecule has 0 aliphatic heterocycles. The number of nitrogens with one attached hydrogen (secondary N) is 1. The lowest BCUT2D eigenvalue weighted by Gasteiger charge is -2.15. The lowest BCUT2D eigenvalue weighted by atomic mass is 10.1. The van der Waals surface area contributed by atoms with E-state index in [0.29, 0.717) is 17.8 Å². The molecule has 0 spiro atoms. The van der Waals surface area contributed by atoms with E-state index in [1.807, 2.05) is 31.2 Å². The first-order valence-electron chi connectivity index (χ1n) is 9.45. The predicted octanol–water partition coefficient (Wildman–Crippen LogP) is 4.91. The zero-order chi connectivity index (χ0) is 22.4. The normalized spacial score (nSPS) is 11.7. The molecule has 0 aliphatic carbocycles. The van der Waals surface area contributed by atoms with E-state index in [-0.39, 0.29) is 12.2 Å². The van der Waals surface area contributed by atoms with Crippen LogP contribution in [0.2, 0.25) is 0 Å². The number of anilines is 1. The monoisotopic (exact) mass is 435 g/mol. The van der Waals surface area contributed by atoms with Crippen LogP contribution < -0.4 is 5.32 Å². The molecule has 3 aromatic rings. The Morgan fingerprint density at radius 1 is 1.16 bits per heavy atom. The number of carbonyl (C=O) groups is 1. The Labute approximate surface area is 176 Å². The number of rotatable bonds is 9. The van der Waals surface area contributed by atoms with Crippen molar-refractivity contribution >= 4 is 11.6 Å². The quantitative estimate of drug-likeness (QED) is 0.486. The largest absolute Gasteiger partial charge is 0.370 e.